The average Bonchev–Trinajstić information content (AvgIpc) is 3.05. The summed E-state index contributed by atoms with van der Waals surface area (Å²) in [4.78, 5) is 50.3. The molecule has 0 radical (unpaired) electrons. The molecule has 3 saturated carbocycles. The van der Waals surface area contributed by atoms with Crippen molar-refractivity contribution in [2.75, 3.05) is 6.61 Å². The molecule has 0 spiro atoms. The minimum atomic E-state index is -2.05. The minimum Gasteiger partial charge on any atom is -0.457 e. The van der Waals surface area contributed by atoms with Crippen molar-refractivity contribution in [3.8, 4) is 0 Å². The molecule has 36 heavy (non-hydrogen) atoms. The Kier molecular flexibility index (Phi) is 6.60. The van der Waals surface area contributed by atoms with E-state index in [0.717, 1.165) is 0 Å². The van der Waals surface area contributed by atoms with Crippen molar-refractivity contribution in [2.45, 2.75) is 90.5 Å². The number of rotatable bonds is 6. The molecule has 198 valence electrons. The molecule has 8 heteroatoms. The highest BCUT2D eigenvalue weighted by Crippen LogP contribution is 2.71. The molecule has 0 amide bonds. The monoisotopic (exact) mass is 504 g/mol. The number of Topliss-reactive ketones (excluding diaryl/α,β-unsaturated/α-hetero) is 1. The Hall–Kier alpha value is -2.35. The Balaban J connectivity index is 1.80. The molecule has 4 rings (SSSR count). The summed E-state index contributed by atoms with van der Waals surface area (Å²) in [7, 11) is 0. The Labute approximate surface area is 211 Å². The fourth-order valence-corrected chi connectivity index (χ4v) is 8.01. The highest BCUT2D eigenvalue weighted by Gasteiger charge is 2.77. The fraction of sp³-hybridized carbons (Fsp3) is 0.714. The first-order chi connectivity index (χ1) is 16.8. The van der Waals surface area contributed by atoms with E-state index in [1.54, 1.807) is 33.8 Å². The van der Waals surface area contributed by atoms with E-state index in [1.807, 2.05) is 6.92 Å². The van der Waals surface area contributed by atoms with Crippen LogP contribution in [-0.4, -0.2) is 52.6 Å². The Bertz CT molecular complexity index is 1050. The lowest BCUT2D eigenvalue weighted by Gasteiger charge is -2.62. The maximum atomic E-state index is 17.4. The zero-order valence-corrected chi connectivity index (χ0v) is 21.8. The molecule has 1 N–H and O–H groups in total. The van der Waals surface area contributed by atoms with Crippen LogP contribution in [0.15, 0.2) is 23.8 Å². The van der Waals surface area contributed by atoms with Crippen LogP contribution in [0, 0.1) is 28.6 Å². The molecular weight excluding hydrogens is 467 g/mol. The Morgan fingerprint density at radius 1 is 1.14 bits per heavy atom. The van der Waals surface area contributed by atoms with Crippen LogP contribution in [0.1, 0.15) is 73.1 Å². The quantitative estimate of drug-likeness (QED) is 0.548. The number of aliphatic hydroxyl groups is 1. The van der Waals surface area contributed by atoms with Crippen LogP contribution < -0.4 is 0 Å². The van der Waals surface area contributed by atoms with Gasteiger partial charge in [-0.15, -0.1) is 0 Å². The maximum Gasteiger partial charge on any atom is 0.306 e. The first-order valence-corrected chi connectivity index (χ1v) is 13.0. The number of hydrogen-bond donors (Lipinski definition) is 1. The largest absolute Gasteiger partial charge is 0.457 e. The lowest BCUT2D eigenvalue weighted by atomic mass is 9.44. The molecule has 0 aromatic heterocycles. The molecule has 7 nitrogen and oxygen atoms in total. The summed E-state index contributed by atoms with van der Waals surface area (Å²) in [6, 6.07) is 0. The number of ketones is 2. The summed E-state index contributed by atoms with van der Waals surface area (Å²) in [5, 5.41) is 11.5. The van der Waals surface area contributed by atoms with Crippen molar-refractivity contribution in [1.29, 1.82) is 0 Å². The number of ether oxygens (including phenoxy) is 2. The molecule has 0 aliphatic heterocycles. The number of carbonyl (C=O) groups is 4. The van der Waals surface area contributed by atoms with Crippen molar-refractivity contribution in [1.82, 2.24) is 0 Å². The van der Waals surface area contributed by atoms with Crippen LogP contribution in [0.25, 0.3) is 0 Å². The van der Waals surface area contributed by atoms with Gasteiger partial charge in [0.15, 0.2) is 23.7 Å². The lowest BCUT2D eigenvalue weighted by Crippen LogP contribution is -2.70. The predicted octanol–water partition coefficient (Wildman–Crippen LogP) is 3.82. The number of alkyl halides is 1. The van der Waals surface area contributed by atoms with Crippen molar-refractivity contribution >= 4 is 23.5 Å². The second kappa shape index (κ2) is 8.89. The van der Waals surface area contributed by atoms with E-state index < -0.39 is 64.4 Å². The molecule has 0 aromatic carbocycles. The van der Waals surface area contributed by atoms with Crippen LogP contribution in [0.2, 0.25) is 0 Å². The molecule has 0 bridgehead atoms. The molecule has 8 atom stereocenters. The molecule has 3 fully saturated rings. The second-order valence-electron chi connectivity index (χ2n) is 11.4. The number of allylic oxidation sites excluding steroid dienone is 4. The van der Waals surface area contributed by atoms with Crippen molar-refractivity contribution < 1.29 is 38.1 Å². The first-order valence-electron chi connectivity index (χ1n) is 13.0. The molecule has 0 heterocycles. The van der Waals surface area contributed by atoms with Gasteiger partial charge < -0.3 is 14.6 Å². The van der Waals surface area contributed by atoms with Gasteiger partial charge in [-0.25, -0.2) is 4.39 Å². The number of esters is 2. The number of aliphatic hydroxyl groups excluding tert-OH is 1. The molecule has 4 aliphatic carbocycles. The van der Waals surface area contributed by atoms with Gasteiger partial charge in [-0.1, -0.05) is 39.3 Å². The Morgan fingerprint density at radius 3 is 2.44 bits per heavy atom. The Morgan fingerprint density at radius 2 is 1.81 bits per heavy atom. The normalized spacial score (nSPS) is 43.1. The number of carbonyl (C=O) groups excluding carboxylic acids is 4. The molecule has 0 aromatic rings. The SMILES string of the molecule is CCC(=O)OCC(=O)C1(OC(=O)CC)[C@@H](C)C[C@H]2[C@@H]3CCC4=CC(=O)C=C[C@]4(C)[C@@]3(F)[C@@H](O)C[C@@]21C. The standard InChI is InChI=1S/C28H37FO7/c1-6-23(33)35-15-22(32)28(36-24(34)7-2)16(3)12-20-19-9-8-17-13-18(30)10-11-25(17,4)27(19,29)21(31)14-26(20,28)5/h10-11,13,16,19-21,31H,6-9,12,14-15H2,1-5H3/t16-,19-,20-,21-,25-,26-,27-,28?/m0/s1. The van der Waals surface area contributed by atoms with E-state index in [4.69, 9.17) is 9.47 Å². The van der Waals surface area contributed by atoms with Crippen molar-refractivity contribution in [2.24, 2.45) is 28.6 Å². The van der Waals surface area contributed by atoms with Crippen molar-refractivity contribution in [3.63, 3.8) is 0 Å². The summed E-state index contributed by atoms with van der Waals surface area (Å²) in [5.74, 6) is -3.31. The molecule has 4 aliphatic rings. The van der Waals surface area contributed by atoms with Gasteiger partial charge in [0.2, 0.25) is 5.78 Å². The van der Waals surface area contributed by atoms with Gasteiger partial charge in [0.1, 0.15) is 0 Å². The van der Waals surface area contributed by atoms with Crippen LogP contribution in [0.4, 0.5) is 4.39 Å². The highest BCUT2D eigenvalue weighted by atomic mass is 19.1. The van der Waals surface area contributed by atoms with Crippen LogP contribution in [-0.2, 0) is 28.7 Å². The fourth-order valence-electron chi connectivity index (χ4n) is 8.01. The summed E-state index contributed by atoms with van der Waals surface area (Å²) >= 11 is 0. The van der Waals surface area contributed by atoms with Crippen molar-refractivity contribution in [3.05, 3.63) is 23.8 Å². The third-order valence-corrected chi connectivity index (χ3v) is 9.81. The van der Waals surface area contributed by atoms with Gasteiger partial charge in [-0.3, -0.25) is 19.2 Å². The maximum absolute atomic E-state index is 17.4. The van der Waals surface area contributed by atoms with Gasteiger partial charge >= 0.3 is 11.9 Å². The zero-order chi connectivity index (χ0) is 26.7. The van der Waals surface area contributed by atoms with E-state index in [1.165, 1.54) is 12.2 Å². The minimum absolute atomic E-state index is 0.0430. The number of hydrogen-bond acceptors (Lipinski definition) is 7. The van der Waals surface area contributed by atoms with Gasteiger partial charge in [0, 0.05) is 35.5 Å². The second-order valence-corrected chi connectivity index (χ2v) is 11.4. The smallest absolute Gasteiger partial charge is 0.306 e. The van der Waals surface area contributed by atoms with Crippen LogP contribution in [0.3, 0.4) is 0 Å². The summed E-state index contributed by atoms with van der Waals surface area (Å²) in [6.07, 6.45) is 4.32. The van der Waals surface area contributed by atoms with E-state index in [-0.39, 0.29) is 31.0 Å². The third-order valence-electron chi connectivity index (χ3n) is 9.81. The molecular formula is C28H37FO7. The predicted molar refractivity (Wildman–Crippen MR) is 128 cm³/mol. The summed E-state index contributed by atoms with van der Waals surface area (Å²) in [5.41, 5.74) is -5.26. The number of halogens is 1. The average molecular weight is 505 g/mol. The van der Waals surface area contributed by atoms with Gasteiger partial charge in [0.05, 0.1) is 6.10 Å². The van der Waals surface area contributed by atoms with Crippen LogP contribution in [0.5, 0.6) is 0 Å². The zero-order valence-electron chi connectivity index (χ0n) is 21.8. The topological polar surface area (TPSA) is 107 Å². The van der Waals surface area contributed by atoms with Gasteiger partial charge in [-0.05, 0) is 50.7 Å². The molecule has 1 unspecified atom stereocenters. The highest BCUT2D eigenvalue weighted by molar-refractivity contribution is 6.01. The van der Waals surface area contributed by atoms with E-state index in [9.17, 15) is 24.3 Å². The van der Waals surface area contributed by atoms with E-state index in [2.05, 4.69) is 0 Å². The summed E-state index contributed by atoms with van der Waals surface area (Å²) in [6.45, 7) is 8.05. The van der Waals surface area contributed by atoms with Gasteiger partial charge in [0.25, 0.3) is 0 Å². The molecule has 0 saturated heterocycles. The first kappa shape index (κ1) is 26.7. The van der Waals surface area contributed by atoms with Gasteiger partial charge in [-0.2, -0.15) is 0 Å². The lowest BCUT2D eigenvalue weighted by molar-refractivity contribution is -0.228. The number of fused-ring (bicyclic) bond motifs is 5. The summed E-state index contributed by atoms with van der Waals surface area (Å²) < 4.78 is 28.5. The third kappa shape index (κ3) is 3.39. The van der Waals surface area contributed by atoms with E-state index >= 15 is 4.39 Å². The van der Waals surface area contributed by atoms with Crippen LogP contribution >= 0.6 is 0 Å². The van der Waals surface area contributed by atoms with E-state index in [0.29, 0.717) is 24.8 Å².